The van der Waals surface area contributed by atoms with Crippen molar-refractivity contribution in [1.29, 1.82) is 0 Å². The Labute approximate surface area is 172 Å². The van der Waals surface area contributed by atoms with Gasteiger partial charge in [0.25, 0.3) is 0 Å². The summed E-state index contributed by atoms with van der Waals surface area (Å²) in [5.74, 6) is -0.236. The van der Waals surface area contributed by atoms with Gasteiger partial charge >= 0.3 is 0 Å². The summed E-state index contributed by atoms with van der Waals surface area (Å²) in [6, 6.07) is 29.0. The topological polar surface area (TPSA) is 40.6 Å². The number of para-hydroxylation sites is 1. The molecule has 3 aromatic carbocycles. The van der Waals surface area contributed by atoms with Gasteiger partial charge in [-0.05, 0) is 30.2 Å². The number of rotatable bonds is 7. The summed E-state index contributed by atoms with van der Waals surface area (Å²) in [6.45, 7) is 3.94. The monoisotopic (exact) mass is 386 g/mol. The van der Waals surface area contributed by atoms with Gasteiger partial charge in [0.15, 0.2) is 0 Å². The van der Waals surface area contributed by atoms with Crippen LogP contribution in [0.5, 0.6) is 0 Å². The minimum Gasteiger partial charge on any atom is -0.327 e. The van der Waals surface area contributed by atoms with Gasteiger partial charge in [0.1, 0.15) is 6.54 Å². The predicted octanol–water partition coefficient (Wildman–Crippen LogP) is 4.83. The van der Waals surface area contributed by atoms with E-state index in [1.54, 1.807) is 9.80 Å². The molecule has 0 N–H and O–H groups in total. The van der Waals surface area contributed by atoms with Crippen LogP contribution in [0.2, 0.25) is 0 Å². The first-order valence-corrected chi connectivity index (χ1v) is 9.77. The zero-order valence-electron chi connectivity index (χ0n) is 16.9. The molecule has 0 radical (unpaired) electrons. The summed E-state index contributed by atoms with van der Waals surface area (Å²) in [7, 11) is 0. The van der Waals surface area contributed by atoms with Crippen molar-refractivity contribution in [2.75, 3.05) is 11.4 Å². The van der Waals surface area contributed by atoms with Gasteiger partial charge in [0.2, 0.25) is 11.8 Å². The van der Waals surface area contributed by atoms with Gasteiger partial charge < -0.3 is 9.80 Å². The van der Waals surface area contributed by atoms with E-state index in [1.165, 1.54) is 6.92 Å². The highest BCUT2D eigenvalue weighted by Gasteiger charge is 2.25. The van der Waals surface area contributed by atoms with Crippen molar-refractivity contribution in [1.82, 2.24) is 4.90 Å². The molecule has 0 aliphatic carbocycles. The van der Waals surface area contributed by atoms with E-state index in [1.807, 2.05) is 97.9 Å². The molecule has 0 saturated carbocycles. The number of hydrogen-bond donors (Lipinski definition) is 0. The fraction of sp³-hybridized carbons (Fsp3) is 0.200. The minimum atomic E-state index is -0.188. The number of carbonyl (C=O) groups is 2. The van der Waals surface area contributed by atoms with Gasteiger partial charge in [-0.25, -0.2) is 0 Å². The fourth-order valence-electron chi connectivity index (χ4n) is 3.36. The van der Waals surface area contributed by atoms with Crippen molar-refractivity contribution in [2.45, 2.75) is 26.4 Å². The Balaban J connectivity index is 1.85. The molecule has 1 atom stereocenters. The quantitative estimate of drug-likeness (QED) is 0.584. The first kappa shape index (κ1) is 20.3. The maximum Gasteiger partial charge on any atom is 0.246 e. The van der Waals surface area contributed by atoms with Gasteiger partial charge in [-0.2, -0.15) is 0 Å². The van der Waals surface area contributed by atoms with Gasteiger partial charge in [-0.15, -0.1) is 0 Å². The molecular formula is C25H26N2O2. The Morgan fingerprint density at radius 1 is 0.793 bits per heavy atom. The second kappa shape index (κ2) is 9.69. The Bertz CT molecular complexity index is 927. The van der Waals surface area contributed by atoms with E-state index in [0.717, 1.165) is 16.8 Å². The summed E-state index contributed by atoms with van der Waals surface area (Å²) in [4.78, 5) is 29.1. The van der Waals surface area contributed by atoms with Crippen molar-refractivity contribution < 1.29 is 9.59 Å². The second-order valence-corrected chi connectivity index (χ2v) is 7.03. The third-order valence-corrected chi connectivity index (χ3v) is 5.01. The van der Waals surface area contributed by atoms with Crippen LogP contribution in [0, 0.1) is 0 Å². The largest absolute Gasteiger partial charge is 0.327 e. The Hall–Kier alpha value is -3.40. The number of amides is 2. The number of benzene rings is 3. The molecule has 0 spiro atoms. The van der Waals surface area contributed by atoms with E-state index in [9.17, 15) is 9.59 Å². The van der Waals surface area contributed by atoms with E-state index in [0.29, 0.717) is 6.54 Å². The van der Waals surface area contributed by atoms with Crippen LogP contribution in [0.4, 0.5) is 5.69 Å². The molecule has 4 heteroatoms. The Morgan fingerprint density at radius 3 is 1.86 bits per heavy atom. The summed E-state index contributed by atoms with van der Waals surface area (Å²) < 4.78 is 0. The zero-order chi connectivity index (χ0) is 20.6. The molecule has 3 rings (SSSR count). The van der Waals surface area contributed by atoms with Crippen LogP contribution >= 0.6 is 0 Å². The molecule has 0 fully saturated rings. The number of hydrogen-bond acceptors (Lipinski definition) is 2. The molecule has 0 aliphatic heterocycles. The van der Waals surface area contributed by atoms with Crippen LogP contribution in [0.15, 0.2) is 91.0 Å². The van der Waals surface area contributed by atoms with Crippen LogP contribution in [0.1, 0.15) is 31.0 Å². The van der Waals surface area contributed by atoms with Gasteiger partial charge in [0, 0.05) is 12.6 Å². The third-order valence-electron chi connectivity index (χ3n) is 5.01. The van der Waals surface area contributed by atoms with Crippen molar-refractivity contribution in [3.8, 4) is 0 Å². The lowest BCUT2D eigenvalue weighted by molar-refractivity contribution is -0.135. The standard InChI is InChI=1S/C25H26N2O2/c1-20(23-14-8-4-9-15-23)26(21(2)28)19-25(29)27(24-16-10-5-11-17-24)18-22-12-6-3-7-13-22/h3-17,20H,18-19H2,1-2H3. The van der Waals surface area contributed by atoms with Crippen molar-refractivity contribution in [3.63, 3.8) is 0 Å². The van der Waals surface area contributed by atoms with Gasteiger partial charge in [-0.3, -0.25) is 9.59 Å². The lowest BCUT2D eigenvalue weighted by atomic mass is 10.1. The van der Waals surface area contributed by atoms with Crippen LogP contribution in [0.25, 0.3) is 0 Å². The number of nitrogens with zero attached hydrogens (tertiary/aromatic N) is 2. The van der Waals surface area contributed by atoms with Gasteiger partial charge in [0.05, 0.1) is 12.6 Å². The molecular weight excluding hydrogens is 360 g/mol. The average molecular weight is 386 g/mol. The molecule has 3 aromatic rings. The van der Waals surface area contributed by atoms with Crippen molar-refractivity contribution in [2.24, 2.45) is 0 Å². The summed E-state index contributed by atoms with van der Waals surface area (Å²) >= 11 is 0. The first-order chi connectivity index (χ1) is 14.1. The highest BCUT2D eigenvalue weighted by atomic mass is 16.2. The zero-order valence-corrected chi connectivity index (χ0v) is 16.9. The molecule has 0 aliphatic rings. The summed E-state index contributed by atoms with van der Waals surface area (Å²) in [5.41, 5.74) is 2.86. The lowest BCUT2D eigenvalue weighted by Gasteiger charge is -2.31. The van der Waals surface area contributed by atoms with E-state index in [2.05, 4.69) is 0 Å². The van der Waals surface area contributed by atoms with Crippen LogP contribution in [-0.4, -0.2) is 23.3 Å². The summed E-state index contributed by atoms with van der Waals surface area (Å²) in [5, 5.41) is 0. The molecule has 2 amide bonds. The number of anilines is 1. The molecule has 1 unspecified atom stereocenters. The molecule has 0 heterocycles. The lowest BCUT2D eigenvalue weighted by Crippen LogP contribution is -2.43. The highest BCUT2D eigenvalue weighted by Crippen LogP contribution is 2.22. The molecule has 29 heavy (non-hydrogen) atoms. The minimum absolute atomic E-state index is 0.0210. The molecule has 0 saturated heterocycles. The average Bonchev–Trinajstić information content (AvgIpc) is 2.77. The van der Waals surface area contributed by atoms with E-state index < -0.39 is 0 Å². The van der Waals surface area contributed by atoms with Crippen LogP contribution < -0.4 is 4.90 Å². The third kappa shape index (κ3) is 5.32. The normalized spacial score (nSPS) is 11.5. The number of carbonyl (C=O) groups excluding carboxylic acids is 2. The van der Waals surface area contributed by atoms with E-state index in [-0.39, 0.29) is 24.4 Å². The smallest absolute Gasteiger partial charge is 0.246 e. The van der Waals surface area contributed by atoms with Gasteiger partial charge in [-0.1, -0.05) is 78.9 Å². The highest BCUT2D eigenvalue weighted by molar-refractivity contribution is 5.96. The SMILES string of the molecule is CC(=O)N(CC(=O)N(Cc1ccccc1)c1ccccc1)C(C)c1ccccc1. The predicted molar refractivity (Wildman–Crippen MR) is 116 cm³/mol. The molecule has 0 aromatic heterocycles. The maximum absolute atomic E-state index is 13.3. The fourth-order valence-corrected chi connectivity index (χ4v) is 3.36. The maximum atomic E-state index is 13.3. The molecule has 148 valence electrons. The van der Waals surface area contributed by atoms with Crippen molar-refractivity contribution >= 4 is 17.5 Å². The Kier molecular flexibility index (Phi) is 6.80. The summed E-state index contributed by atoms with van der Waals surface area (Å²) in [6.07, 6.45) is 0. The van der Waals surface area contributed by atoms with Crippen molar-refractivity contribution in [3.05, 3.63) is 102 Å². The van der Waals surface area contributed by atoms with Crippen LogP contribution in [-0.2, 0) is 16.1 Å². The Morgan fingerprint density at radius 2 is 1.31 bits per heavy atom. The molecule has 0 bridgehead atoms. The van der Waals surface area contributed by atoms with E-state index >= 15 is 0 Å². The van der Waals surface area contributed by atoms with E-state index in [4.69, 9.17) is 0 Å². The second-order valence-electron chi connectivity index (χ2n) is 7.03. The van der Waals surface area contributed by atoms with Crippen LogP contribution in [0.3, 0.4) is 0 Å². The first-order valence-electron chi connectivity index (χ1n) is 9.77. The molecule has 4 nitrogen and oxygen atoms in total.